The van der Waals surface area contributed by atoms with E-state index in [0.29, 0.717) is 29.6 Å². The van der Waals surface area contributed by atoms with E-state index in [1.807, 2.05) is 13.4 Å². The topological polar surface area (TPSA) is 133 Å². The Morgan fingerprint density at radius 3 is 2.23 bits per heavy atom. The van der Waals surface area contributed by atoms with E-state index in [0.717, 1.165) is 0 Å². The number of carbonyl (C=O) groups is 3. The zero-order chi connectivity index (χ0) is 22.5. The van der Waals surface area contributed by atoms with Crippen molar-refractivity contribution in [2.24, 2.45) is 4.99 Å². The summed E-state index contributed by atoms with van der Waals surface area (Å²) in [5.41, 5.74) is 0.604. The van der Waals surface area contributed by atoms with Crippen LogP contribution in [0.1, 0.15) is 32.1 Å². The summed E-state index contributed by atoms with van der Waals surface area (Å²) in [6.45, 7) is 0. The van der Waals surface area contributed by atoms with Crippen LogP contribution in [0.5, 0.6) is 5.75 Å². The maximum atomic E-state index is 11.7. The maximum absolute atomic E-state index is 11.7. The Balaban J connectivity index is 0.000000479. The number of aromatic nitrogens is 1. The fourth-order valence-corrected chi connectivity index (χ4v) is 2.62. The maximum Gasteiger partial charge on any atom is 0.414 e. The van der Waals surface area contributed by atoms with Crippen LogP contribution in [-0.2, 0) is 9.59 Å². The summed E-state index contributed by atoms with van der Waals surface area (Å²) in [6, 6.07) is 2.29. The molecule has 2 rings (SSSR count). The lowest BCUT2D eigenvalue weighted by atomic mass is 9.95. The number of amides is 1. The molecule has 10 nitrogen and oxygen atoms in total. The molecule has 2 N–H and O–H groups in total. The Morgan fingerprint density at radius 2 is 1.70 bits per heavy atom. The van der Waals surface area contributed by atoms with Crippen molar-refractivity contribution in [3.8, 4) is 5.75 Å². The Bertz CT molecular complexity index is 756. The van der Waals surface area contributed by atoms with Crippen molar-refractivity contribution in [1.82, 2.24) is 14.8 Å². The van der Waals surface area contributed by atoms with E-state index in [2.05, 4.69) is 14.9 Å². The Kier molecular flexibility index (Phi) is 10.6. The third-order valence-corrected chi connectivity index (χ3v) is 4.22. The van der Waals surface area contributed by atoms with E-state index < -0.39 is 18.0 Å². The van der Waals surface area contributed by atoms with Crippen LogP contribution in [0.25, 0.3) is 0 Å². The van der Waals surface area contributed by atoms with Gasteiger partial charge in [0, 0.05) is 45.5 Å². The molecule has 30 heavy (non-hydrogen) atoms. The molecule has 10 heteroatoms. The Labute approximate surface area is 175 Å². The van der Waals surface area contributed by atoms with Gasteiger partial charge in [-0.2, -0.15) is 0 Å². The molecule has 0 spiro atoms. The summed E-state index contributed by atoms with van der Waals surface area (Å²) in [7, 11) is 5.32. The van der Waals surface area contributed by atoms with Crippen molar-refractivity contribution in [1.29, 1.82) is 0 Å². The quantitative estimate of drug-likeness (QED) is 0.408. The third kappa shape index (κ3) is 9.67. The number of carbonyl (C=O) groups excluding carboxylic acids is 1. The number of carboxylic acids is 2. The molecule has 1 aliphatic rings. The van der Waals surface area contributed by atoms with Gasteiger partial charge in [0.2, 0.25) is 0 Å². The van der Waals surface area contributed by atoms with Gasteiger partial charge >= 0.3 is 18.0 Å². The molecule has 1 aromatic rings. The van der Waals surface area contributed by atoms with E-state index in [1.165, 1.54) is 43.2 Å². The lowest BCUT2D eigenvalue weighted by molar-refractivity contribution is -0.134. The molecular weight excluding hydrogens is 392 g/mol. The molecule has 1 aromatic heterocycles. The SMILES string of the molecule is CN(C)C(=O)Oc1cnccc1N=CN(C)C1CCCCC1.O=C(O)/C=C\C(=O)O. The lowest BCUT2D eigenvalue weighted by Crippen LogP contribution is -2.32. The minimum Gasteiger partial charge on any atom is -0.478 e. The molecule has 0 atom stereocenters. The number of pyridine rings is 1. The van der Waals surface area contributed by atoms with Crippen molar-refractivity contribution >= 4 is 30.1 Å². The minimum atomic E-state index is -1.26. The van der Waals surface area contributed by atoms with E-state index in [1.54, 1.807) is 26.4 Å². The highest BCUT2D eigenvalue weighted by atomic mass is 16.6. The molecule has 1 fully saturated rings. The van der Waals surface area contributed by atoms with Crippen LogP contribution in [0.4, 0.5) is 10.5 Å². The average Bonchev–Trinajstić information content (AvgIpc) is 2.72. The zero-order valence-corrected chi connectivity index (χ0v) is 17.4. The van der Waals surface area contributed by atoms with Gasteiger partial charge in [0.1, 0.15) is 5.69 Å². The van der Waals surface area contributed by atoms with Crippen molar-refractivity contribution < 1.29 is 29.3 Å². The van der Waals surface area contributed by atoms with E-state index >= 15 is 0 Å². The van der Waals surface area contributed by atoms with E-state index in [4.69, 9.17) is 14.9 Å². The first-order chi connectivity index (χ1) is 14.2. The molecule has 0 radical (unpaired) electrons. The fourth-order valence-electron chi connectivity index (χ4n) is 2.62. The molecule has 0 saturated heterocycles. The number of carboxylic acid groups (broad SMARTS) is 2. The fraction of sp³-hybridized carbons (Fsp3) is 0.450. The van der Waals surface area contributed by atoms with Crippen LogP contribution in [0, 0.1) is 0 Å². The highest BCUT2D eigenvalue weighted by Crippen LogP contribution is 2.26. The molecule has 164 valence electrons. The summed E-state index contributed by atoms with van der Waals surface area (Å²) in [5.74, 6) is -2.14. The van der Waals surface area contributed by atoms with Gasteiger partial charge in [0.05, 0.1) is 12.5 Å². The molecule has 1 saturated carbocycles. The lowest BCUT2D eigenvalue weighted by Gasteiger charge is -2.29. The van der Waals surface area contributed by atoms with Crippen molar-refractivity contribution in [2.45, 2.75) is 38.1 Å². The standard InChI is InChI=1S/C16H24N4O2.C4H4O4/c1-19(2)16(21)22-15-11-17-10-9-14(15)18-12-20(3)13-7-5-4-6-8-13;5-3(6)1-2-4(7)8/h9-13H,4-8H2,1-3H3;1-2H,(H,5,6)(H,7,8)/b;2-1-. The Morgan fingerprint density at radius 1 is 1.10 bits per heavy atom. The second-order valence-corrected chi connectivity index (χ2v) is 6.82. The van der Waals surface area contributed by atoms with Gasteiger partial charge in [-0.15, -0.1) is 0 Å². The van der Waals surface area contributed by atoms with Gasteiger partial charge < -0.3 is 24.7 Å². The summed E-state index contributed by atoms with van der Waals surface area (Å²) in [6.07, 6.45) is 12.0. The van der Waals surface area contributed by atoms with Crippen LogP contribution in [-0.4, -0.2) is 76.6 Å². The summed E-state index contributed by atoms with van der Waals surface area (Å²) >= 11 is 0. The summed E-state index contributed by atoms with van der Waals surface area (Å²) < 4.78 is 5.28. The number of hydrogen-bond acceptors (Lipinski definition) is 6. The smallest absolute Gasteiger partial charge is 0.414 e. The first-order valence-electron chi connectivity index (χ1n) is 9.44. The number of hydrogen-bond donors (Lipinski definition) is 2. The van der Waals surface area contributed by atoms with E-state index in [-0.39, 0.29) is 0 Å². The first kappa shape index (κ1) is 24.6. The predicted molar refractivity (Wildman–Crippen MR) is 111 cm³/mol. The number of nitrogens with zero attached hydrogens (tertiary/aromatic N) is 4. The second kappa shape index (κ2) is 12.9. The van der Waals surface area contributed by atoms with Crippen LogP contribution < -0.4 is 4.74 Å². The van der Waals surface area contributed by atoms with Crippen molar-refractivity contribution in [2.75, 3.05) is 21.1 Å². The molecule has 0 aromatic carbocycles. The first-order valence-corrected chi connectivity index (χ1v) is 9.44. The normalized spacial score (nSPS) is 14.1. The van der Waals surface area contributed by atoms with Gasteiger partial charge in [-0.1, -0.05) is 19.3 Å². The van der Waals surface area contributed by atoms with E-state index in [9.17, 15) is 14.4 Å². The summed E-state index contributed by atoms with van der Waals surface area (Å²) in [5, 5.41) is 15.6. The van der Waals surface area contributed by atoms with Gasteiger partial charge in [0.25, 0.3) is 0 Å². The van der Waals surface area contributed by atoms with Gasteiger partial charge in [-0.05, 0) is 18.9 Å². The molecule has 0 aliphatic heterocycles. The largest absolute Gasteiger partial charge is 0.478 e. The second-order valence-electron chi connectivity index (χ2n) is 6.82. The monoisotopic (exact) mass is 420 g/mol. The third-order valence-electron chi connectivity index (χ3n) is 4.22. The van der Waals surface area contributed by atoms with Crippen molar-refractivity contribution in [3.05, 3.63) is 30.6 Å². The summed E-state index contributed by atoms with van der Waals surface area (Å²) in [4.78, 5) is 42.7. The van der Waals surface area contributed by atoms with Crippen molar-refractivity contribution in [3.63, 3.8) is 0 Å². The highest BCUT2D eigenvalue weighted by Gasteiger charge is 2.16. The van der Waals surface area contributed by atoms with Crippen LogP contribution in [0.3, 0.4) is 0 Å². The number of ether oxygens (including phenoxy) is 1. The van der Waals surface area contributed by atoms with Crippen LogP contribution in [0.2, 0.25) is 0 Å². The minimum absolute atomic E-state index is 0.370. The van der Waals surface area contributed by atoms with Crippen LogP contribution >= 0.6 is 0 Å². The highest BCUT2D eigenvalue weighted by molar-refractivity contribution is 5.89. The van der Waals surface area contributed by atoms with Gasteiger partial charge in [-0.25, -0.2) is 19.4 Å². The molecule has 0 bridgehead atoms. The average molecular weight is 420 g/mol. The Hall–Kier alpha value is -3.43. The number of aliphatic imine (C=N–C) groups is 1. The molecular formula is C20H28N4O6. The predicted octanol–water partition coefficient (Wildman–Crippen LogP) is 2.78. The molecule has 1 amide bonds. The molecule has 1 heterocycles. The number of rotatable bonds is 6. The zero-order valence-electron chi connectivity index (χ0n) is 17.4. The molecule has 0 unspecified atom stereocenters. The van der Waals surface area contributed by atoms with Gasteiger partial charge in [0.15, 0.2) is 5.75 Å². The van der Waals surface area contributed by atoms with Gasteiger partial charge in [-0.3, -0.25) is 4.98 Å². The molecule has 1 aliphatic carbocycles. The van der Waals surface area contributed by atoms with Crippen LogP contribution in [0.15, 0.2) is 35.6 Å². The number of aliphatic carboxylic acids is 2.